The van der Waals surface area contributed by atoms with E-state index in [-0.39, 0.29) is 6.47 Å². The molecular weight excluding hydrogens is 324 g/mol. The van der Waals surface area contributed by atoms with Crippen molar-refractivity contribution in [2.45, 2.75) is 34.6 Å². The molecule has 0 heterocycles. The van der Waals surface area contributed by atoms with E-state index in [1.807, 2.05) is 0 Å². The van der Waals surface area contributed by atoms with E-state index >= 15 is 0 Å². The zero-order valence-electron chi connectivity index (χ0n) is 13.2. The molecule has 0 bridgehead atoms. The second kappa shape index (κ2) is 36.4. The van der Waals surface area contributed by atoms with Crippen molar-refractivity contribution in [3.8, 4) is 0 Å². The molecule has 0 aliphatic heterocycles. The summed E-state index contributed by atoms with van der Waals surface area (Å²) in [6.07, 6.45) is 0. The van der Waals surface area contributed by atoms with Crippen molar-refractivity contribution < 1.29 is 59.4 Å². The Morgan fingerprint density at radius 2 is 0.522 bits per heavy atom. The topological polar surface area (TPSA) is 224 Å². The number of carboxylic acid groups (broad SMARTS) is 6. The van der Waals surface area contributed by atoms with E-state index in [1.54, 1.807) is 0 Å². The van der Waals surface area contributed by atoms with Gasteiger partial charge in [-0.2, -0.15) is 0 Å². The summed E-state index contributed by atoms with van der Waals surface area (Å²) in [6, 6.07) is 0. The number of hydrogen-bond donors (Lipinski definition) is 6. The highest BCUT2D eigenvalue weighted by Gasteiger charge is 1.67. The maximum absolute atomic E-state index is 9.00. The van der Waals surface area contributed by atoms with E-state index in [4.69, 9.17) is 59.4 Å². The van der Waals surface area contributed by atoms with Gasteiger partial charge in [-0.25, -0.2) is 0 Å². The molecule has 0 fully saturated rings. The molecule has 0 unspecified atom stereocenters. The normalized spacial score (nSPS) is 5.96. The minimum absolute atomic E-state index is 0.250. The summed E-state index contributed by atoms with van der Waals surface area (Å²) in [7, 11) is 0. The van der Waals surface area contributed by atoms with Crippen LogP contribution in [0, 0.1) is 0 Å². The van der Waals surface area contributed by atoms with Crippen LogP contribution in [0.5, 0.6) is 0 Å². The van der Waals surface area contributed by atoms with Crippen LogP contribution >= 0.6 is 0 Å². The van der Waals surface area contributed by atoms with Crippen LogP contribution in [0.2, 0.25) is 0 Å². The molecule has 0 saturated heterocycles. The summed E-state index contributed by atoms with van der Waals surface area (Å²) in [5.41, 5.74) is 0. The van der Waals surface area contributed by atoms with E-state index in [2.05, 4.69) is 0 Å². The summed E-state index contributed by atoms with van der Waals surface area (Å²) in [6.45, 7) is 5.17. The van der Waals surface area contributed by atoms with Gasteiger partial charge in [-0.05, 0) is 0 Å². The third-order valence-electron chi connectivity index (χ3n) is 0. The van der Waals surface area contributed by atoms with E-state index in [0.29, 0.717) is 0 Å². The molecular formula is C11H22O12. The van der Waals surface area contributed by atoms with Gasteiger partial charge in [0.1, 0.15) is 0 Å². The molecule has 138 valence electrons. The molecule has 12 heteroatoms. The Hall–Kier alpha value is -3.18. The smallest absolute Gasteiger partial charge is 0.300 e. The molecule has 0 rings (SSSR count). The van der Waals surface area contributed by atoms with Crippen molar-refractivity contribution in [3.63, 3.8) is 0 Å². The van der Waals surface area contributed by atoms with Crippen LogP contribution in [-0.2, 0) is 28.8 Å². The molecule has 0 aliphatic rings. The van der Waals surface area contributed by atoms with Crippen LogP contribution in [-0.4, -0.2) is 67.0 Å². The summed E-state index contributed by atoms with van der Waals surface area (Å²) >= 11 is 0. The number of carboxylic acids is 5. The highest BCUT2D eigenvalue weighted by molar-refractivity contribution is 5.63. The number of carbonyl (C=O) groups is 6. The first-order valence-corrected chi connectivity index (χ1v) is 5.13. The van der Waals surface area contributed by atoms with Crippen LogP contribution in [0.3, 0.4) is 0 Å². The van der Waals surface area contributed by atoms with Gasteiger partial charge in [0.2, 0.25) is 0 Å². The van der Waals surface area contributed by atoms with Crippen molar-refractivity contribution in [3.05, 3.63) is 0 Å². The van der Waals surface area contributed by atoms with Gasteiger partial charge in [-0.3, -0.25) is 28.8 Å². The van der Waals surface area contributed by atoms with Crippen LogP contribution in [0.4, 0.5) is 0 Å². The first kappa shape index (κ1) is 36.8. The zero-order chi connectivity index (χ0) is 20.6. The highest BCUT2D eigenvalue weighted by atomic mass is 16.4. The Kier molecular flexibility index (Phi) is 58.1. The van der Waals surface area contributed by atoms with Gasteiger partial charge in [0.05, 0.1) is 0 Å². The molecule has 0 saturated carbocycles. The predicted octanol–water partition coefficient (Wildman–Crippen LogP) is 0.155. The van der Waals surface area contributed by atoms with E-state index < -0.39 is 29.8 Å². The van der Waals surface area contributed by atoms with Crippen molar-refractivity contribution in [1.29, 1.82) is 0 Å². The maximum atomic E-state index is 9.00. The van der Waals surface area contributed by atoms with Crippen LogP contribution < -0.4 is 0 Å². The average molecular weight is 346 g/mol. The second-order valence-electron chi connectivity index (χ2n) is 2.70. The molecule has 0 aliphatic carbocycles. The lowest BCUT2D eigenvalue weighted by molar-refractivity contribution is -0.135. The van der Waals surface area contributed by atoms with Gasteiger partial charge in [-0.1, -0.05) is 0 Å². The lowest BCUT2D eigenvalue weighted by atomic mass is 10.9. The molecule has 6 N–H and O–H groups in total. The summed E-state index contributed by atoms with van der Waals surface area (Å²) in [4.78, 5) is 53.4. The third kappa shape index (κ3) is 527. The fourth-order valence-electron chi connectivity index (χ4n) is 0. The minimum atomic E-state index is -0.833. The Morgan fingerprint density at radius 1 is 0.522 bits per heavy atom. The van der Waals surface area contributed by atoms with E-state index in [9.17, 15) is 0 Å². The van der Waals surface area contributed by atoms with E-state index in [0.717, 1.165) is 34.6 Å². The molecule has 0 aromatic heterocycles. The quantitative estimate of drug-likeness (QED) is 0.322. The Labute approximate surface area is 131 Å². The lowest BCUT2D eigenvalue weighted by Crippen LogP contribution is -1.78. The second-order valence-corrected chi connectivity index (χ2v) is 2.70. The summed E-state index contributed by atoms with van der Waals surface area (Å²) in [5, 5.41) is 44.0. The summed E-state index contributed by atoms with van der Waals surface area (Å²) in [5.74, 6) is -4.17. The maximum Gasteiger partial charge on any atom is 0.300 e. The molecule has 0 amide bonds. The van der Waals surface area contributed by atoms with Gasteiger partial charge >= 0.3 is 0 Å². The molecule has 0 aromatic carbocycles. The average Bonchev–Trinajstić information content (AvgIpc) is 2.11. The van der Waals surface area contributed by atoms with Crippen molar-refractivity contribution >= 4 is 36.3 Å². The molecule has 0 radical (unpaired) electrons. The fraction of sp³-hybridized carbons (Fsp3) is 0.455. The van der Waals surface area contributed by atoms with Gasteiger partial charge in [0.15, 0.2) is 0 Å². The van der Waals surface area contributed by atoms with Gasteiger partial charge < -0.3 is 30.6 Å². The monoisotopic (exact) mass is 346 g/mol. The van der Waals surface area contributed by atoms with Crippen molar-refractivity contribution in [2.24, 2.45) is 0 Å². The van der Waals surface area contributed by atoms with Crippen molar-refractivity contribution in [2.75, 3.05) is 0 Å². The highest BCUT2D eigenvalue weighted by Crippen LogP contribution is 1.43. The lowest BCUT2D eigenvalue weighted by Gasteiger charge is -1.59. The first-order chi connectivity index (χ1) is 10.1. The number of rotatable bonds is 0. The number of aliphatic carboxylic acids is 5. The van der Waals surface area contributed by atoms with Gasteiger partial charge in [0, 0.05) is 34.6 Å². The van der Waals surface area contributed by atoms with Gasteiger partial charge in [0.25, 0.3) is 36.3 Å². The molecule has 0 aromatic rings. The molecule has 0 atom stereocenters. The largest absolute Gasteiger partial charge is 0.483 e. The minimum Gasteiger partial charge on any atom is -0.483 e. The summed E-state index contributed by atoms with van der Waals surface area (Å²) < 4.78 is 0. The Bertz CT molecular complexity index is 244. The first-order valence-electron chi connectivity index (χ1n) is 5.13. The Morgan fingerprint density at radius 3 is 0.522 bits per heavy atom. The molecule has 0 spiro atoms. The van der Waals surface area contributed by atoms with E-state index in [1.165, 1.54) is 0 Å². The van der Waals surface area contributed by atoms with Crippen LogP contribution in [0.1, 0.15) is 34.6 Å². The molecule has 23 heavy (non-hydrogen) atoms. The van der Waals surface area contributed by atoms with Crippen LogP contribution in [0.15, 0.2) is 0 Å². The number of hydrogen-bond acceptors (Lipinski definition) is 6. The Balaban J connectivity index is -0.0000000378. The van der Waals surface area contributed by atoms with Crippen molar-refractivity contribution in [1.82, 2.24) is 0 Å². The fourth-order valence-corrected chi connectivity index (χ4v) is 0. The third-order valence-corrected chi connectivity index (χ3v) is 0. The van der Waals surface area contributed by atoms with Crippen LogP contribution in [0.25, 0.3) is 0 Å². The predicted molar refractivity (Wildman–Crippen MR) is 75.2 cm³/mol. The standard InChI is InChI=1S/5C2H4O2.CH2O2/c5*1-2(3)4;2-1-3/h5*1H3,(H,3,4);1H,(H,2,3). The SMILES string of the molecule is CC(=O)O.CC(=O)O.CC(=O)O.CC(=O)O.CC(=O)O.O=CO. The molecule has 12 nitrogen and oxygen atoms in total. The van der Waals surface area contributed by atoms with Gasteiger partial charge in [-0.15, -0.1) is 0 Å². The zero-order valence-corrected chi connectivity index (χ0v) is 13.2.